The van der Waals surface area contributed by atoms with Gasteiger partial charge in [-0.2, -0.15) is 0 Å². The summed E-state index contributed by atoms with van der Waals surface area (Å²) < 4.78 is 22.7. The van der Waals surface area contributed by atoms with E-state index in [1.165, 1.54) is 0 Å². The van der Waals surface area contributed by atoms with Crippen LogP contribution in [-0.2, 0) is 13.6 Å². The molecule has 0 rings (SSSR count). The van der Waals surface area contributed by atoms with Gasteiger partial charge in [0.15, 0.2) is 0 Å². The third-order valence-corrected chi connectivity index (χ3v) is 4.61. The summed E-state index contributed by atoms with van der Waals surface area (Å²) in [6.07, 6.45) is 3.77. The van der Waals surface area contributed by atoms with Gasteiger partial charge < -0.3 is 13.9 Å². The molecule has 0 N–H and O–H groups in total. The summed E-state index contributed by atoms with van der Waals surface area (Å²) in [5, 5.41) is 0. The third-order valence-electron chi connectivity index (χ3n) is 2.67. The second-order valence-electron chi connectivity index (χ2n) is 4.31. The van der Waals surface area contributed by atoms with Gasteiger partial charge in [0.2, 0.25) is 0 Å². The normalized spacial score (nSPS) is 11.6. The number of unbranched alkanes of at least 4 members (excludes halogenated alkanes) is 2. The molecule has 5 nitrogen and oxygen atoms in total. The summed E-state index contributed by atoms with van der Waals surface area (Å²) in [7, 11) is -3.66. The first-order chi connectivity index (χ1) is 9.05. The first kappa shape index (κ1) is 18.6. The summed E-state index contributed by atoms with van der Waals surface area (Å²) in [6.45, 7) is 9.18. The van der Waals surface area contributed by atoms with Crippen LogP contribution in [-0.4, -0.2) is 36.9 Å². The summed E-state index contributed by atoms with van der Waals surface area (Å²) in [6, 6.07) is 0. The van der Waals surface area contributed by atoms with Crippen LogP contribution in [0.5, 0.6) is 0 Å². The van der Waals surface area contributed by atoms with Crippen LogP contribution < -0.4 is 0 Å². The van der Waals surface area contributed by atoms with Crippen molar-refractivity contribution in [2.45, 2.75) is 53.4 Å². The number of rotatable bonds is 11. The van der Waals surface area contributed by atoms with Crippen molar-refractivity contribution in [3.8, 4) is 0 Å². The van der Waals surface area contributed by atoms with E-state index < -0.39 is 13.2 Å². The Labute approximate surface area is 117 Å². The van der Waals surface area contributed by atoms with E-state index in [1.54, 1.807) is 18.7 Å². The van der Waals surface area contributed by atoms with Crippen LogP contribution in [0.2, 0.25) is 0 Å². The van der Waals surface area contributed by atoms with Crippen molar-refractivity contribution < 1.29 is 18.4 Å². The van der Waals surface area contributed by atoms with Crippen LogP contribution in [0.25, 0.3) is 0 Å². The smallest absolute Gasteiger partial charge is 0.332 e. The Morgan fingerprint density at radius 3 is 1.68 bits per heavy atom. The first-order valence-electron chi connectivity index (χ1n) is 7.24. The second kappa shape index (κ2) is 10.4. The lowest BCUT2D eigenvalue weighted by molar-refractivity contribution is 0.184. The van der Waals surface area contributed by atoms with Gasteiger partial charge in [-0.05, 0) is 26.7 Å². The van der Waals surface area contributed by atoms with Crippen LogP contribution in [0, 0.1) is 0 Å². The molecule has 0 atom stereocenters. The van der Waals surface area contributed by atoms with Crippen LogP contribution in [0.3, 0.4) is 0 Å². The number of carbonyl (C=O) groups is 1. The van der Waals surface area contributed by atoms with Gasteiger partial charge >= 0.3 is 13.2 Å². The van der Waals surface area contributed by atoms with E-state index in [0.717, 1.165) is 25.7 Å². The Morgan fingerprint density at radius 1 is 0.947 bits per heavy atom. The van der Waals surface area contributed by atoms with E-state index in [-0.39, 0.29) is 13.2 Å². The van der Waals surface area contributed by atoms with Crippen molar-refractivity contribution in [2.75, 3.05) is 26.3 Å². The molecule has 0 radical (unpaired) electrons. The third kappa shape index (κ3) is 6.55. The van der Waals surface area contributed by atoms with Crippen LogP contribution in [0.15, 0.2) is 0 Å². The molecule has 0 aromatic rings. The topological polar surface area (TPSA) is 55.8 Å². The fourth-order valence-electron chi connectivity index (χ4n) is 1.66. The van der Waals surface area contributed by atoms with Crippen LogP contribution in [0.1, 0.15) is 53.4 Å². The van der Waals surface area contributed by atoms with Crippen molar-refractivity contribution in [3.63, 3.8) is 0 Å². The quantitative estimate of drug-likeness (QED) is 0.534. The molecule has 19 heavy (non-hydrogen) atoms. The standard InChI is InChI=1S/C13H28NO4P/c1-5-9-11-14(12-10-6-2)13(15)19(16,17-7-3)18-8-4/h5-12H2,1-4H3. The van der Waals surface area contributed by atoms with E-state index in [1.807, 2.05) is 0 Å². The molecule has 0 fully saturated rings. The minimum Gasteiger partial charge on any atom is -0.332 e. The molecule has 0 spiro atoms. The zero-order valence-electron chi connectivity index (χ0n) is 12.7. The molecule has 0 heterocycles. The van der Waals surface area contributed by atoms with Crippen LogP contribution >= 0.6 is 7.60 Å². The molecule has 0 aromatic heterocycles. The molecule has 6 heteroatoms. The fourth-order valence-corrected chi connectivity index (χ4v) is 3.18. The molecule has 0 aromatic carbocycles. The predicted molar refractivity (Wildman–Crippen MR) is 77.6 cm³/mol. The van der Waals surface area contributed by atoms with Gasteiger partial charge in [0.25, 0.3) is 0 Å². The average molecular weight is 293 g/mol. The van der Waals surface area contributed by atoms with Crippen molar-refractivity contribution in [2.24, 2.45) is 0 Å². The molecule has 0 aliphatic carbocycles. The Balaban J connectivity index is 4.83. The number of hydrogen-bond donors (Lipinski definition) is 0. The summed E-state index contributed by atoms with van der Waals surface area (Å²) in [4.78, 5) is 14.0. The zero-order chi connectivity index (χ0) is 14.7. The molecule has 114 valence electrons. The number of nitrogens with zero attached hydrogens (tertiary/aromatic N) is 1. The maximum absolute atomic E-state index is 12.4. The number of carbonyl (C=O) groups excluding carboxylic acids is 1. The van der Waals surface area contributed by atoms with Gasteiger partial charge in [0, 0.05) is 13.1 Å². The van der Waals surface area contributed by atoms with Gasteiger partial charge in [-0.15, -0.1) is 0 Å². The highest BCUT2D eigenvalue weighted by atomic mass is 31.2. The Morgan fingerprint density at radius 2 is 1.37 bits per heavy atom. The number of amides is 1. The Kier molecular flexibility index (Phi) is 10.2. The maximum atomic E-state index is 12.4. The molecule has 0 aliphatic heterocycles. The number of hydrogen-bond acceptors (Lipinski definition) is 4. The maximum Gasteiger partial charge on any atom is 0.418 e. The predicted octanol–water partition coefficient (Wildman–Crippen LogP) is 4.27. The van der Waals surface area contributed by atoms with Crippen molar-refractivity contribution in [1.82, 2.24) is 4.90 Å². The summed E-state index contributed by atoms with van der Waals surface area (Å²) in [5.41, 5.74) is -0.488. The van der Waals surface area contributed by atoms with Gasteiger partial charge in [0.05, 0.1) is 13.2 Å². The average Bonchev–Trinajstić information content (AvgIpc) is 2.39. The van der Waals surface area contributed by atoms with Crippen molar-refractivity contribution >= 4 is 13.2 Å². The largest absolute Gasteiger partial charge is 0.418 e. The van der Waals surface area contributed by atoms with Gasteiger partial charge in [-0.3, -0.25) is 4.79 Å². The molecule has 0 aliphatic rings. The SMILES string of the molecule is CCCCN(CCCC)C(=O)P(=O)(OCC)OCC. The summed E-state index contributed by atoms with van der Waals surface area (Å²) in [5.74, 6) is 0. The van der Waals surface area contributed by atoms with Gasteiger partial charge in [-0.25, -0.2) is 4.57 Å². The van der Waals surface area contributed by atoms with E-state index >= 15 is 0 Å². The van der Waals surface area contributed by atoms with E-state index in [2.05, 4.69) is 13.8 Å². The Bertz CT molecular complexity index is 278. The van der Waals surface area contributed by atoms with Gasteiger partial charge in [-0.1, -0.05) is 26.7 Å². The fraction of sp³-hybridized carbons (Fsp3) is 0.923. The lowest BCUT2D eigenvalue weighted by atomic mass is 10.3. The molecule has 0 saturated carbocycles. The Hall–Kier alpha value is -0.380. The molecule has 1 amide bonds. The van der Waals surface area contributed by atoms with E-state index in [0.29, 0.717) is 13.1 Å². The van der Waals surface area contributed by atoms with Crippen LogP contribution in [0.4, 0.5) is 4.79 Å². The highest BCUT2D eigenvalue weighted by Gasteiger charge is 2.37. The minimum atomic E-state index is -3.66. The molecular weight excluding hydrogens is 265 g/mol. The monoisotopic (exact) mass is 293 g/mol. The van der Waals surface area contributed by atoms with E-state index in [9.17, 15) is 9.36 Å². The van der Waals surface area contributed by atoms with Crippen molar-refractivity contribution in [1.29, 1.82) is 0 Å². The second-order valence-corrected chi connectivity index (χ2v) is 6.20. The highest BCUT2D eigenvalue weighted by Crippen LogP contribution is 2.50. The first-order valence-corrected chi connectivity index (χ1v) is 8.78. The highest BCUT2D eigenvalue weighted by molar-refractivity contribution is 7.71. The lowest BCUT2D eigenvalue weighted by Crippen LogP contribution is -2.32. The minimum absolute atomic E-state index is 0.207. The van der Waals surface area contributed by atoms with Gasteiger partial charge in [0.1, 0.15) is 0 Å². The molecule has 0 unspecified atom stereocenters. The van der Waals surface area contributed by atoms with Crippen molar-refractivity contribution in [3.05, 3.63) is 0 Å². The molecule has 0 bridgehead atoms. The zero-order valence-corrected chi connectivity index (χ0v) is 13.6. The lowest BCUT2D eigenvalue weighted by Gasteiger charge is -2.26. The van der Waals surface area contributed by atoms with E-state index in [4.69, 9.17) is 9.05 Å². The molecular formula is C13H28NO4P. The summed E-state index contributed by atoms with van der Waals surface area (Å²) >= 11 is 0. The molecule has 0 saturated heterocycles.